The highest BCUT2D eigenvalue weighted by Gasteiger charge is 2.01. The molecule has 0 saturated heterocycles. The predicted octanol–water partition coefficient (Wildman–Crippen LogP) is 4.44. The number of benzene rings is 2. The van der Waals surface area contributed by atoms with Crippen molar-refractivity contribution in [1.29, 1.82) is 0 Å². The van der Waals surface area contributed by atoms with E-state index in [1.54, 1.807) is 49.4 Å². The van der Waals surface area contributed by atoms with E-state index in [0.717, 1.165) is 5.56 Å². The third kappa shape index (κ3) is 3.93. The number of aryl methyl sites for hydroxylation is 1. The zero-order chi connectivity index (χ0) is 14.5. The van der Waals surface area contributed by atoms with Gasteiger partial charge in [-0.2, -0.15) is 0 Å². The number of halogens is 2. The molecule has 0 aliphatic rings. The Bertz CT molecular complexity index is 650. The van der Waals surface area contributed by atoms with Crippen molar-refractivity contribution in [2.75, 3.05) is 5.32 Å². The molecule has 0 unspecified atom stereocenters. The summed E-state index contributed by atoms with van der Waals surface area (Å²) in [6, 6.07) is 11.7. The van der Waals surface area contributed by atoms with Gasteiger partial charge in [-0.05, 0) is 48.4 Å². The Morgan fingerprint density at radius 1 is 1.20 bits per heavy atom. The predicted molar refractivity (Wildman–Crippen MR) is 80.3 cm³/mol. The number of hydrogen-bond acceptors (Lipinski definition) is 1. The van der Waals surface area contributed by atoms with Gasteiger partial charge in [0.15, 0.2) is 0 Å². The van der Waals surface area contributed by atoms with E-state index in [4.69, 9.17) is 11.6 Å². The molecule has 0 aliphatic heterocycles. The molecule has 0 fully saturated rings. The molecule has 0 aromatic heterocycles. The van der Waals surface area contributed by atoms with E-state index in [-0.39, 0.29) is 11.7 Å². The summed E-state index contributed by atoms with van der Waals surface area (Å²) < 4.78 is 13.3. The second-order valence-corrected chi connectivity index (χ2v) is 4.77. The first-order valence-electron chi connectivity index (χ1n) is 6.05. The molecule has 2 aromatic rings. The van der Waals surface area contributed by atoms with Crippen LogP contribution in [0.1, 0.15) is 11.1 Å². The van der Waals surface area contributed by atoms with E-state index in [1.165, 1.54) is 12.1 Å². The zero-order valence-electron chi connectivity index (χ0n) is 10.9. The van der Waals surface area contributed by atoms with Crippen LogP contribution in [0.3, 0.4) is 0 Å². The molecule has 20 heavy (non-hydrogen) atoms. The molecule has 4 heteroatoms. The first kappa shape index (κ1) is 14.3. The quantitative estimate of drug-likeness (QED) is 0.832. The zero-order valence-corrected chi connectivity index (χ0v) is 11.6. The molecule has 0 atom stereocenters. The van der Waals surface area contributed by atoms with Crippen LogP contribution >= 0.6 is 11.6 Å². The average molecular weight is 290 g/mol. The van der Waals surface area contributed by atoms with Crippen molar-refractivity contribution >= 4 is 29.3 Å². The Morgan fingerprint density at radius 3 is 2.55 bits per heavy atom. The van der Waals surface area contributed by atoms with Gasteiger partial charge in [-0.1, -0.05) is 29.8 Å². The van der Waals surface area contributed by atoms with Gasteiger partial charge in [0.2, 0.25) is 5.91 Å². The summed E-state index contributed by atoms with van der Waals surface area (Å²) in [5.74, 6) is -0.660. The number of amides is 1. The summed E-state index contributed by atoms with van der Waals surface area (Å²) in [7, 11) is 0. The largest absolute Gasteiger partial charge is 0.322 e. The maximum absolute atomic E-state index is 13.3. The lowest BCUT2D eigenvalue weighted by atomic mass is 10.2. The van der Waals surface area contributed by atoms with E-state index in [1.807, 2.05) is 0 Å². The first-order chi connectivity index (χ1) is 9.54. The molecular weight excluding hydrogens is 277 g/mol. The third-order valence-electron chi connectivity index (χ3n) is 2.74. The second-order valence-electron chi connectivity index (χ2n) is 4.34. The average Bonchev–Trinajstić information content (AvgIpc) is 2.42. The second kappa shape index (κ2) is 6.35. The highest BCUT2D eigenvalue weighted by Crippen LogP contribution is 2.14. The van der Waals surface area contributed by atoms with E-state index in [0.29, 0.717) is 16.3 Å². The molecule has 2 rings (SSSR count). The van der Waals surface area contributed by atoms with Crippen LogP contribution in [0, 0.1) is 12.7 Å². The summed E-state index contributed by atoms with van der Waals surface area (Å²) in [6.45, 7) is 1.67. The highest BCUT2D eigenvalue weighted by molar-refractivity contribution is 6.30. The molecule has 0 aliphatic carbocycles. The van der Waals surface area contributed by atoms with E-state index < -0.39 is 0 Å². The molecule has 1 N–H and O–H groups in total. The molecule has 0 heterocycles. The Balaban J connectivity index is 2.01. The van der Waals surface area contributed by atoms with Gasteiger partial charge < -0.3 is 5.32 Å². The maximum Gasteiger partial charge on any atom is 0.248 e. The fraction of sp³-hybridized carbons (Fsp3) is 0.0625. The minimum atomic E-state index is -0.343. The smallest absolute Gasteiger partial charge is 0.248 e. The van der Waals surface area contributed by atoms with Crippen LogP contribution < -0.4 is 5.32 Å². The Morgan fingerprint density at radius 2 is 1.90 bits per heavy atom. The molecule has 0 saturated carbocycles. The number of rotatable bonds is 3. The van der Waals surface area contributed by atoms with Gasteiger partial charge in [-0.3, -0.25) is 4.79 Å². The van der Waals surface area contributed by atoms with Crippen molar-refractivity contribution in [2.45, 2.75) is 6.92 Å². The van der Waals surface area contributed by atoms with E-state index in [9.17, 15) is 9.18 Å². The van der Waals surface area contributed by atoms with E-state index >= 15 is 0 Å². The van der Waals surface area contributed by atoms with Crippen LogP contribution in [-0.2, 0) is 4.79 Å². The Kier molecular flexibility index (Phi) is 4.53. The molecule has 1 amide bonds. The first-order valence-corrected chi connectivity index (χ1v) is 6.43. The Hall–Kier alpha value is -2.13. The fourth-order valence-electron chi connectivity index (χ4n) is 1.60. The minimum absolute atomic E-state index is 0.316. The maximum atomic E-state index is 13.3. The normalized spacial score (nSPS) is 10.8. The third-order valence-corrected chi connectivity index (χ3v) is 2.99. The van der Waals surface area contributed by atoms with Crippen molar-refractivity contribution < 1.29 is 9.18 Å². The topological polar surface area (TPSA) is 29.1 Å². The molecule has 2 aromatic carbocycles. The molecule has 0 bridgehead atoms. The van der Waals surface area contributed by atoms with Gasteiger partial charge in [0, 0.05) is 16.8 Å². The summed E-state index contributed by atoms with van der Waals surface area (Å²) in [5.41, 5.74) is 1.83. The summed E-state index contributed by atoms with van der Waals surface area (Å²) in [6.07, 6.45) is 3.05. The SMILES string of the molecule is Cc1ccc(NC(=O)/C=C/c2ccc(Cl)cc2)cc1F. The van der Waals surface area contributed by atoms with Gasteiger partial charge in [0.1, 0.15) is 5.82 Å². The number of carbonyl (C=O) groups excluding carboxylic acids is 1. The summed E-state index contributed by atoms with van der Waals surface area (Å²) >= 11 is 5.77. The van der Waals surface area contributed by atoms with Gasteiger partial charge in [0.25, 0.3) is 0 Å². The number of nitrogens with one attached hydrogen (secondary N) is 1. The van der Waals surface area contributed by atoms with Crippen molar-refractivity contribution in [3.63, 3.8) is 0 Å². The highest BCUT2D eigenvalue weighted by atomic mass is 35.5. The molecular formula is C16H13ClFNO. The standard InChI is InChI=1S/C16H13ClFNO/c1-11-2-8-14(10-15(11)18)19-16(20)9-5-12-3-6-13(17)7-4-12/h2-10H,1H3,(H,19,20)/b9-5+. The number of carbonyl (C=O) groups is 1. The molecule has 2 nitrogen and oxygen atoms in total. The lowest BCUT2D eigenvalue weighted by Gasteiger charge is -2.03. The van der Waals surface area contributed by atoms with Gasteiger partial charge >= 0.3 is 0 Å². The van der Waals surface area contributed by atoms with Crippen LogP contribution in [0.25, 0.3) is 6.08 Å². The monoisotopic (exact) mass is 289 g/mol. The van der Waals surface area contributed by atoms with E-state index in [2.05, 4.69) is 5.32 Å². The summed E-state index contributed by atoms with van der Waals surface area (Å²) in [5, 5.41) is 3.24. The minimum Gasteiger partial charge on any atom is -0.322 e. The van der Waals surface area contributed by atoms with Gasteiger partial charge in [-0.25, -0.2) is 4.39 Å². The van der Waals surface area contributed by atoms with Gasteiger partial charge in [-0.15, -0.1) is 0 Å². The number of hydrogen-bond donors (Lipinski definition) is 1. The van der Waals surface area contributed by atoms with Crippen LogP contribution in [0.5, 0.6) is 0 Å². The molecule has 0 radical (unpaired) electrons. The lowest BCUT2D eigenvalue weighted by molar-refractivity contribution is -0.111. The van der Waals surface area contributed by atoms with Crippen LogP contribution in [0.2, 0.25) is 5.02 Å². The van der Waals surface area contributed by atoms with Crippen LogP contribution in [0.15, 0.2) is 48.5 Å². The van der Waals surface area contributed by atoms with Crippen LogP contribution in [0.4, 0.5) is 10.1 Å². The molecule has 102 valence electrons. The van der Waals surface area contributed by atoms with Crippen molar-refractivity contribution in [1.82, 2.24) is 0 Å². The number of anilines is 1. The lowest BCUT2D eigenvalue weighted by Crippen LogP contribution is -2.08. The molecule has 0 spiro atoms. The van der Waals surface area contributed by atoms with Crippen LogP contribution in [-0.4, -0.2) is 5.91 Å². The fourth-order valence-corrected chi connectivity index (χ4v) is 1.73. The van der Waals surface area contributed by atoms with Crippen molar-refractivity contribution in [3.05, 3.63) is 70.5 Å². The van der Waals surface area contributed by atoms with Crippen molar-refractivity contribution in [3.8, 4) is 0 Å². The van der Waals surface area contributed by atoms with Gasteiger partial charge in [0.05, 0.1) is 0 Å². The summed E-state index contributed by atoms with van der Waals surface area (Å²) in [4.78, 5) is 11.7. The van der Waals surface area contributed by atoms with Crippen molar-refractivity contribution in [2.24, 2.45) is 0 Å². The Labute approximate surface area is 121 Å².